The SMILES string of the molecule is COc1ccc(-c2cc(-c3ccc(C)cc3)nc(S[C@H](C)C(=O)Nc3ccc(C)c([N+](=O)[O-])c3)c2C#N)cc1OC. The fourth-order valence-electron chi connectivity index (χ4n) is 4.17. The largest absolute Gasteiger partial charge is 0.493 e. The molecule has 1 heterocycles. The van der Waals surface area contributed by atoms with Crippen molar-refractivity contribution in [1.29, 1.82) is 5.26 Å². The monoisotopic (exact) mass is 568 g/mol. The zero-order valence-corrected chi connectivity index (χ0v) is 24.0. The number of ether oxygens (including phenoxy) is 2. The number of aryl methyl sites for hydroxylation is 2. The third-order valence-electron chi connectivity index (χ3n) is 6.47. The van der Waals surface area contributed by atoms with Crippen molar-refractivity contribution in [3.05, 3.63) is 93.5 Å². The number of hydrogen-bond donors (Lipinski definition) is 1. The van der Waals surface area contributed by atoms with E-state index >= 15 is 0 Å². The van der Waals surface area contributed by atoms with Gasteiger partial charge in [0.1, 0.15) is 11.1 Å². The second kappa shape index (κ2) is 12.5. The Hall–Kier alpha value is -4.88. The summed E-state index contributed by atoms with van der Waals surface area (Å²) in [4.78, 5) is 28.8. The molecule has 1 aromatic heterocycles. The number of carbonyl (C=O) groups is 1. The third kappa shape index (κ3) is 6.48. The van der Waals surface area contributed by atoms with E-state index in [4.69, 9.17) is 14.5 Å². The molecule has 1 N–H and O–H groups in total. The molecule has 0 saturated carbocycles. The number of aromatic nitrogens is 1. The number of nitro groups is 1. The van der Waals surface area contributed by atoms with E-state index in [2.05, 4.69) is 11.4 Å². The van der Waals surface area contributed by atoms with Crippen LogP contribution in [0.25, 0.3) is 22.4 Å². The number of carbonyl (C=O) groups excluding carboxylic acids is 1. The fraction of sp³-hybridized carbons (Fsp3) is 0.194. The summed E-state index contributed by atoms with van der Waals surface area (Å²) in [7, 11) is 3.09. The van der Waals surface area contributed by atoms with E-state index in [0.717, 1.165) is 28.5 Å². The van der Waals surface area contributed by atoms with Gasteiger partial charge in [0.15, 0.2) is 11.5 Å². The molecule has 0 unspecified atom stereocenters. The topological polar surface area (TPSA) is 127 Å². The predicted molar refractivity (Wildman–Crippen MR) is 159 cm³/mol. The Morgan fingerprint density at radius 1 is 1.00 bits per heavy atom. The van der Waals surface area contributed by atoms with Crippen molar-refractivity contribution in [2.24, 2.45) is 0 Å². The Bertz CT molecular complexity index is 1660. The van der Waals surface area contributed by atoms with E-state index in [1.807, 2.05) is 43.3 Å². The number of anilines is 1. The van der Waals surface area contributed by atoms with Crippen LogP contribution in [0.2, 0.25) is 0 Å². The minimum atomic E-state index is -0.679. The number of nitrogens with one attached hydrogen (secondary N) is 1. The average molecular weight is 569 g/mol. The molecule has 1 amide bonds. The predicted octanol–water partition coefficient (Wildman–Crippen LogP) is 6.95. The normalized spacial score (nSPS) is 11.3. The van der Waals surface area contributed by atoms with Gasteiger partial charge in [-0.3, -0.25) is 14.9 Å². The number of nitrogens with zero attached hydrogens (tertiary/aromatic N) is 3. The van der Waals surface area contributed by atoms with Gasteiger partial charge in [-0.05, 0) is 50.6 Å². The lowest BCUT2D eigenvalue weighted by Crippen LogP contribution is -2.22. The van der Waals surface area contributed by atoms with Gasteiger partial charge in [-0.25, -0.2) is 4.98 Å². The minimum absolute atomic E-state index is 0.0816. The quantitative estimate of drug-likeness (QED) is 0.131. The second-order valence-electron chi connectivity index (χ2n) is 9.29. The average Bonchev–Trinajstić information content (AvgIpc) is 2.97. The van der Waals surface area contributed by atoms with Crippen molar-refractivity contribution in [1.82, 2.24) is 4.98 Å². The van der Waals surface area contributed by atoms with E-state index < -0.39 is 10.2 Å². The maximum absolute atomic E-state index is 13.1. The molecular weight excluding hydrogens is 540 g/mol. The first-order valence-corrected chi connectivity index (χ1v) is 13.5. The van der Waals surface area contributed by atoms with Crippen molar-refractivity contribution in [3.8, 4) is 40.0 Å². The summed E-state index contributed by atoms with van der Waals surface area (Å²) in [5.74, 6) is 0.683. The summed E-state index contributed by atoms with van der Waals surface area (Å²) < 4.78 is 10.9. The van der Waals surface area contributed by atoms with Crippen LogP contribution in [0.5, 0.6) is 11.5 Å². The van der Waals surface area contributed by atoms with E-state index in [9.17, 15) is 20.2 Å². The number of pyridine rings is 1. The molecule has 208 valence electrons. The van der Waals surface area contributed by atoms with Crippen molar-refractivity contribution in [2.45, 2.75) is 31.0 Å². The lowest BCUT2D eigenvalue weighted by molar-refractivity contribution is -0.385. The van der Waals surface area contributed by atoms with Crippen LogP contribution in [0, 0.1) is 35.3 Å². The van der Waals surface area contributed by atoms with Crippen molar-refractivity contribution in [3.63, 3.8) is 0 Å². The Balaban J connectivity index is 1.75. The number of thioether (sulfide) groups is 1. The molecule has 0 radical (unpaired) electrons. The van der Waals surface area contributed by atoms with Gasteiger partial charge in [0.05, 0.1) is 35.7 Å². The number of nitriles is 1. The molecule has 41 heavy (non-hydrogen) atoms. The first kappa shape index (κ1) is 29.1. The molecule has 0 bridgehead atoms. The highest BCUT2D eigenvalue weighted by Gasteiger charge is 2.23. The molecule has 0 aliphatic rings. The molecule has 4 rings (SSSR count). The smallest absolute Gasteiger partial charge is 0.274 e. The zero-order chi connectivity index (χ0) is 29.7. The van der Waals surface area contributed by atoms with E-state index in [-0.39, 0.29) is 11.6 Å². The van der Waals surface area contributed by atoms with Crippen LogP contribution in [0.15, 0.2) is 71.8 Å². The van der Waals surface area contributed by atoms with Gasteiger partial charge in [-0.1, -0.05) is 53.7 Å². The number of hydrogen-bond acceptors (Lipinski definition) is 8. The van der Waals surface area contributed by atoms with Gasteiger partial charge in [-0.2, -0.15) is 5.26 Å². The van der Waals surface area contributed by atoms with Crippen molar-refractivity contribution in [2.75, 3.05) is 19.5 Å². The van der Waals surface area contributed by atoms with E-state index in [0.29, 0.717) is 44.6 Å². The highest BCUT2D eigenvalue weighted by molar-refractivity contribution is 8.00. The Morgan fingerprint density at radius 2 is 1.68 bits per heavy atom. The highest BCUT2D eigenvalue weighted by Crippen LogP contribution is 2.39. The molecule has 0 saturated heterocycles. The van der Waals surface area contributed by atoms with Gasteiger partial charge in [0.25, 0.3) is 5.69 Å². The van der Waals surface area contributed by atoms with Crippen molar-refractivity contribution >= 4 is 29.0 Å². The summed E-state index contributed by atoms with van der Waals surface area (Å²) in [6, 6.07) is 21.9. The third-order valence-corrected chi connectivity index (χ3v) is 7.56. The maximum Gasteiger partial charge on any atom is 0.274 e. The van der Waals surface area contributed by atoms with Crippen LogP contribution >= 0.6 is 11.8 Å². The highest BCUT2D eigenvalue weighted by atomic mass is 32.2. The molecule has 1 atom stereocenters. The minimum Gasteiger partial charge on any atom is -0.493 e. The summed E-state index contributed by atoms with van der Waals surface area (Å²) >= 11 is 1.14. The molecule has 9 nitrogen and oxygen atoms in total. The van der Waals surface area contributed by atoms with Crippen LogP contribution in [0.4, 0.5) is 11.4 Å². The molecule has 0 aliphatic heterocycles. The summed E-state index contributed by atoms with van der Waals surface area (Å²) in [6.45, 7) is 5.32. The molecule has 0 fully saturated rings. The molecular formula is C31H28N4O5S. The number of benzene rings is 3. The van der Waals surface area contributed by atoms with Crippen LogP contribution in [0.1, 0.15) is 23.6 Å². The molecule has 10 heteroatoms. The first-order chi connectivity index (χ1) is 19.6. The van der Waals surface area contributed by atoms with E-state index in [1.165, 1.54) is 6.07 Å². The lowest BCUT2D eigenvalue weighted by Gasteiger charge is -2.17. The number of methoxy groups -OCH3 is 2. The van der Waals surface area contributed by atoms with Crippen LogP contribution < -0.4 is 14.8 Å². The van der Waals surface area contributed by atoms with Gasteiger partial charge in [0, 0.05) is 28.4 Å². The standard InChI is InChI=1S/C31H28N4O5S/c1-18-6-9-21(10-7-18)26-16-24(22-11-13-28(39-4)29(14-22)40-5)25(17-32)31(34-26)41-20(3)30(36)33-23-12-8-19(2)27(15-23)35(37)38/h6-16,20H,1-5H3,(H,33,36)/t20-/m1/s1. The molecule has 0 spiro atoms. The first-order valence-electron chi connectivity index (χ1n) is 12.6. The zero-order valence-electron chi connectivity index (χ0n) is 23.2. The second-order valence-corrected chi connectivity index (χ2v) is 10.6. The van der Waals surface area contributed by atoms with Crippen LogP contribution in [-0.4, -0.2) is 35.3 Å². The van der Waals surface area contributed by atoms with Gasteiger partial charge < -0.3 is 14.8 Å². The molecule has 3 aromatic carbocycles. The summed E-state index contributed by atoms with van der Waals surface area (Å²) in [6.07, 6.45) is 0. The fourth-order valence-corrected chi connectivity index (χ4v) is 5.09. The van der Waals surface area contributed by atoms with Gasteiger partial charge in [0.2, 0.25) is 5.91 Å². The van der Waals surface area contributed by atoms with E-state index in [1.54, 1.807) is 52.3 Å². The number of amides is 1. The molecule has 0 aliphatic carbocycles. The maximum atomic E-state index is 13.1. The lowest BCUT2D eigenvalue weighted by atomic mass is 9.98. The summed E-state index contributed by atoms with van der Waals surface area (Å²) in [5, 5.41) is 24.0. The molecule has 4 aromatic rings. The Morgan fingerprint density at radius 3 is 2.32 bits per heavy atom. The Labute approximate surface area is 242 Å². The van der Waals surface area contributed by atoms with Crippen molar-refractivity contribution < 1.29 is 19.2 Å². The van der Waals surface area contributed by atoms with Gasteiger partial charge >= 0.3 is 0 Å². The Kier molecular flexibility index (Phi) is 8.90. The van der Waals surface area contributed by atoms with Gasteiger partial charge in [-0.15, -0.1) is 0 Å². The van der Waals surface area contributed by atoms with Crippen LogP contribution in [-0.2, 0) is 4.79 Å². The number of nitro benzene ring substituents is 1. The van der Waals surface area contributed by atoms with Crippen LogP contribution in [0.3, 0.4) is 0 Å². The summed E-state index contributed by atoms with van der Waals surface area (Å²) in [5.41, 5.74) is 4.97. The number of rotatable bonds is 9.